The topological polar surface area (TPSA) is 57.9 Å². The SMILES string of the molecule is O=C(CSCc1ccc(Cl)cc1Cl)N1CCN(Cc2cc(=O)n3ccsc3n2)CC1. The average Bonchev–Trinajstić information content (AvgIpc) is 3.19. The van der Waals surface area contributed by atoms with Crippen LogP contribution in [0.15, 0.2) is 40.6 Å². The van der Waals surface area contributed by atoms with Gasteiger partial charge in [0.1, 0.15) is 0 Å². The van der Waals surface area contributed by atoms with Crippen LogP contribution in [0.5, 0.6) is 0 Å². The second-order valence-electron chi connectivity index (χ2n) is 7.03. The largest absolute Gasteiger partial charge is 0.339 e. The van der Waals surface area contributed by atoms with Gasteiger partial charge in [-0.05, 0) is 17.7 Å². The molecule has 3 heterocycles. The summed E-state index contributed by atoms with van der Waals surface area (Å²) in [5, 5.41) is 3.10. The molecule has 1 saturated heterocycles. The summed E-state index contributed by atoms with van der Waals surface area (Å²) in [6.45, 7) is 3.52. The monoisotopic (exact) mass is 482 g/mol. The number of thioether (sulfide) groups is 1. The van der Waals surface area contributed by atoms with Crippen molar-refractivity contribution >= 4 is 57.2 Å². The predicted octanol–water partition coefficient (Wildman–Crippen LogP) is 3.64. The highest BCUT2D eigenvalue weighted by Gasteiger charge is 2.21. The van der Waals surface area contributed by atoms with E-state index in [1.807, 2.05) is 22.4 Å². The second-order valence-corrected chi connectivity index (χ2v) is 9.73. The van der Waals surface area contributed by atoms with Gasteiger partial charge in [0.15, 0.2) is 4.96 Å². The molecule has 30 heavy (non-hydrogen) atoms. The fourth-order valence-electron chi connectivity index (χ4n) is 3.33. The molecule has 0 unspecified atom stereocenters. The lowest BCUT2D eigenvalue weighted by Crippen LogP contribution is -2.49. The van der Waals surface area contributed by atoms with E-state index in [0.717, 1.165) is 24.3 Å². The van der Waals surface area contributed by atoms with E-state index in [1.54, 1.807) is 34.5 Å². The lowest BCUT2D eigenvalue weighted by atomic mass is 10.2. The summed E-state index contributed by atoms with van der Waals surface area (Å²) >= 11 is 15.1. The predicted molar refractivity (Wildman–Crippen MR) is 124 cm³/mol. The Morgan fingerprint density at radius 3 is 2.73 bits per heavy atom. The highest BCUT2D eigenvalue weighted by molar-refractivity contribution is 7.99. The zero-order chi connectivity index (χ0) is 21.1. The third kappa shape index (κ3) is 5.18. The number of piperazine rings is 1. The molecule has 1 fully saturated rings. The molecule has 3 aromatic rings. The van der Waals surface area contributed by atoms with Crippen molar-refractivity contribution in [1.29, 1.82) is 0 Å². The Morgan fingerprint density at radius 1 is 1.17 bits per heavy atom. The Morgan fingerprint density at radius 2 is 1.97 bits per heavy atom. The molecule has 1 amide bonds. The Balaban J connectivity index is 1.24. The van der Waals surface area contributed by atoms with Gasteiger partial charge in [-0.1, -0.05) is 29.3 Å². The molecule has 0 N–H and O–H groups in total. The number of nitrogens with zero attached hydrogens (tertiary/aromatic N) is 4. The van der Waals surface area contributed by atoms with Crippen molar-refractivity contribution in [1.82, 2.24) is 19.2 Å². The molecule has 0 spiro atoms. The van der Waals surface area contributed by atoms with Gasteiger partial charge in [0, 0.05) is 66.2 Å². The molecule has 0 radical (unpaired) electrons. The van der Waals surface area contributed by atoms with Crippen LogP contribution < -0.4 is 5.56 Å². The minimum Gasteiger partial charge on any atom is -0.339 e. The Kier molecular flexibility index (Phi) is 7.00. The summed E-state index contributed by atoms with van der Waals surface area (Å²) < 4.78 is 1.56. The minimum absolute atomic E-state index is 0.0529. The van der Waals surface area contributed by atoms with Gasteiger partial charge in [-0.2, -0.15) is 0 Å². The first-order valence-electron chi connectivity index (χ1n) is 9.47. The molecular weight excluding hydrogens is 463 g/mol. The number of carbonyl (C=O) groups excluding carboxylic acids is 1. The van der Waals surface area contributed by atoms with E-state index < -0.39 is 0 Å². The number of benzene rings is 1. The standard InChI is InChI=1S/C20H20Cl2N4O2S2/c21-15-2-1-14(17(22)9-15)12-29-13-19(28)25-5-3-24(4-6-25)11-16-10-18(27)26-7-8-30-20(26)23-16/h1-2,7-10H,3-6,11-13H2. The number of halogens is 2. The van der Waals surface area contributed by atoms with Crippen LogP contribution in [0, 0.1) is 0 Å². The molecule has 0 atom stereocenters. The van der Waals surface area contributed by atoms with E-state index >= 15 is 0 Å². The van der Waals surface area contributed by atoms with Gasteiger partial charge in [0.05, 0.1) is 11.4 Å². The van der Waals surface area contributed by atoms with Gasteiger partial charge in [0.2, 0.25) is 5.91 Å². The molecule has 0 aliphatic carbocycles. The van der Waals surface area contributed by atoms with Gasteiger partial charge >= 0.3 is 0 Å². The molecule has 1 aliphatic heterocycles. The third-order valence-electron chi connectivity index (χ3n) is 4.97. The van der Waals surface area contributed by atoms with Crippen molar-refractivity contribution in [2.24, 2.45) is 0 Å². The van der Waals surface area contributed by atoms with Crippen molar-refractivity contribution in [3.8, 4) is 0 Å². The van der Waals surface area contributed by atoms with Crippen LogP contribution in [0.1, 0.15) is 11.3 Å². The number of aromatic nitrogens is 2. The van der Waals surface area contributed by atoms with Crippen LogP contribution in [0.25, 0.3) is 4.96 Å². The van der Waals surface area contributed by atoms with Gasteiger partial charge in [-0.25, -0.2) is 4.98 Å². The molecule has 4 rings (SSSR count). The summed E-state index contributed by atoms with van der Waals surface area (Å²) in [5.74, 6) is 1.24. The quantitative estimate of drug-likeness (QED) is 0.536. The summed E-state index contributed by atoms with van der Waals surface area (Å²) in [5.41, 5.74) is 1.70. The molecule has 0 saturated carbocycles. The van der Waals surface area contributed by atoms with E-state index in [9.17, 15) is 9.59 Å². The molecule has 1 aliphatic rings. The maximum absolute atomic E-state index is 12.5. The van der Waals surface area contributed by atoms with Crippen molar-refractivity contribution in [3.63, 3.8) is 0 Å². The molecular formula is C20H20Cl2N4O2S2. The number of carbonyl (C=O) groups is 1. The van der Waals surface area contributed by atoms with E-state index in [4.69, 9.17) is 23.2 Å². The summed E-state index contributed by atoms with van der Waals surface area (Å²) in [6.07, 6.45) is 1.74. The lowest BCUT2D eigenvalue weighted by molar-refractivity contribution is -0.130. The van der Waals surface area contributed by atoms with E-state index in [-0.39, 0.29) is 11.5 Å². The summed E-state index contributed by atoms with van der Waals surface area (Å²) in [6, 6.07) is 7.02. The van der Waals surface area contributed by atoms with Crippen LogP contribution in [-0.4, -0.2) is 57.0 Å². The maximum atomic E-state index is 12.5. The van der Waals surface area contributed by atoms with Crippen LogP contribution in [0.4, 0.5) is 0 Å². The summed E-state index contributed by atoms with van der Waals surface area (Å²) in [7, 11) is 0. The van der Waals surface area contributed by atoms with E-state index in [1.165, 1.54) is 11.3 Å². The molecule has 0 bridgehead atoms. The van der Waals surface area contributed by atoms with Gasteiger partial charge in [-0.3, -0.25) is 18.9 Å². The number of hydrogen-bond donors (Lipinski definition) is 0. The highest BCUT2D eigenvalue weighted by atomic mass is 35.5. The zero-order valence-electron chi connectivity index (χ0n) is 16.1. The van der Waals surface area contributed by atoms with Crippen molar-refractivity contribution < 1.29 is 4.79 Å². The Hall–Kier alpha value is -1.58. The van der Waals surface area contributed by atoms with Crippen molar-refractivity contribution in [2.75, 3.05) is 31.9 Å². The zero-order valence-corrected chi connectivity index (χ0v) is 19.2. The van der Waals surface area contributed by atoms with E-state index in [2.05, 4.69) is 9.88 Å². The minimum atomic E-state index is -0.0529. The van der Waals surface area contributed by atoms with Crippen LogP contribution in [0.3, 0.4) is 0 Å². The van der Waals surface area contributed by atoms with Gasteiger partial charge in [0.25, 0.3) is 5.56 Å². The first-order valence-corrected chi connectivity index (χ1v) is 12.3. The van der Waals surface area contributed by atoms with Gasteiger partial charge in [-0.15, -0.1) is 23.1 Å². The molecule has 2 aromatic heterocycles. The molecule has 6 nitrogen and oxygen atoms in total. The first-order chi connectivity index (χ1) is 14.5. The lowest BCUT2D eigenvalue weighted by Gasteiger charge is -2.34. The van der Waals surface area contributed by atoms with Crippen LogP contribution in [0.2, 0.25) is 10.0 Å². The number of thiazole rings is 1. The van der Waals surface area contributed by atoms with Gasteiger partial charge < -0.3 is 4.90 Å². The second kappa shape index (κ2) is 9.70. The van der Waals surface area contributed by atoms with Crippen LogP contribution in [-0.2, 0) is 17.1 Å². The smallest absolute Gasteiger partial charge is 0.258 e. The van der Waals surface area contributed by atoms with E-state index in [0.29, 0.717) is 46.1 Å². The number of rotatable bonds is 6. The first kappa shape index (κ1) is 21.6. The fraction of sp³-hybridized carbons (Fsp3) is 0.350. The number of fused-ring (bicyclic) bond motifs is 1. The Labute approximate surface area is 192 Å². The maximum Gasteiger partial charge on any atom is 0.258 e. The average molecular weight is 483 g/mol. The Bertz CT molecular complexity index is 1110. The third-order valence-corrected chi connectivity index (χ3v) is 7.27. The summed E-state index contributed by atoms with van der Waals surface area (Å²) in [4.78, 5) is 34.1. The number of hydrogen-bond acceptors (Lipinski definition) is 6. The van der Waals surface area contributed by atoms with Crippen molar-refractivity contribution in [2.45, 2.75) is 12.3 Å². The molecule has 10 heteroatoms. The fourth-order valence-corrected chi connectivity index (χ4v) is 5.56. The molecule has 1 aromatic carbocycles. The normalized spacial score (nSPS) is 15.1. The molecule has 158 valence electrons. The number of amides is 1. The highest BCUT2D eigenvalue weighted by Crippen LogP contribution is 2.25. The van der Waals surface area contributed by atoms with Crippen molar-refractivity contribution in [3.05, 3.63) is 67.5 Å². The van der Waals surface area contributed by atoms with Crippen LogP contribution >= 0.6 is 46.3 Å².